The number of carbonyl (C=O) groups is 3. The molecule has 0 aliphatic carbocycles. The van der Waals surface area contributed by atoms with Gasteiger partial charge in [-0.3, -0.25) is 14.4 Å². The maximum atomic E-state index is 13.0. The summed E-state index contributed by atoms with van der Waals surface area (Å²) in [7, 11) is -3.85. The molecule has 1 heterocycles. The number of amides is 3. The van der Waals surface area contributed by atoms with Crippen LogP contribution in [-0.2, 0) is 19.6 Å². The summed E-state index contributed by atoms with van der Waals surface area (Å²) in [6.07, 6.45) is 0. The average Bonchev–Trinajstić information content (AvgIpc) is 3.02. The number of imide groups is 1. The lowest BCUT2D eigenvalue weighted by atomic mass is 10.1. The first-order valence-corrected chi connectivity index (χ1v) is 12.1. The number of hydrogen-bond acceptors (Lipinski definition) is 6. The predicted molar refractivity (Wildman–Crippen MR) is 132 cm³/mol. The third-order valence-corrected chi connectivity index (χ3v) is 6.50. The lowest BCUT2D eigenvalue weighted by Gasteiger charge is -2.17. The Balaban J connectivity index is 1.52. The van der Waals surface area contributed by atoms with E-state index < -0.39 is 27.7 Å². The van der Waals surface area contributed by atoms with Crippen LogP contribution >= 0.6 is 11.6 Å². The van der Waals surface area contributed by atoms with E-state index in [1.165, 1.54) is 30.3 Å². The molecule has 0 saturated heterocycles. The van der Waals surface area contributed by atoms with Crippen LogP contribution in [0, 0.1) is 6.92 Å². The Morgan fingerprint density at radius 2 is 1.60 bits per heavy atom. The van der Waals surface area contributed by atoms with Crippen LogP contribution in [0.15, 0.2) is 88.4 Å². The number of sulfonamides is 1. The fourth-order valence-corrected chi connectivity index (χ4v) is 4.19. The molecule has 0 bridgehead atoms. The van der Waals surface area contributed by atoms with E-state index in [9.17, 15) is 22.8 Å². The molecule has 0 radical (unpaired) electrons. The van der Waals surface area contributed by atoms with Crippen LogP contribution < -0.4 is 20.7 Å². The van der Waals surface area contributed by atoms with E-state index in [4.69, 9.17) is 16.7 Å². The van der Waals surface area contributed by atoms with E-state index >= 15 is 0 Å². The molecule has 4 rings (SSSR count). The van der Waals surface area contributed by atoms with Gasteiger partial charge in [-0.1, -0.05) is 35.9 Å². The summed E-state index contributed by atoms with van der Waals surface area (Å²) in [4.78, 5) is 39.3. The highest BCUT2D eigenvalue weighted by Gasteiger charge is 2.39. The van der Waals surface area contributed by atoms with Crippen LogP contribution in [0.4, 0.5) is 17.1 Å². The van der Waals surface area contributed by atoms with Gasteiger partial charge in [0.2, 0.25) is 10.0 Å². The van der Waals surface area contributed by atoms with E-state index in [1.807, 2.05) is 0 Å². The highest BCUT2D eigenvalue weighted by Crippen LogP contribution is 2.32. The van der Waals surface area contributed by atoms with E-state index in [1.54, 1.807) is 49.4 Å². The van der Waals surface area contributed by atoms with Crippen LogP contribution in [0.3, 0.4) is 0 Å². The topological polar surface area (TPSA) is 139 Å². The second kappa shape index (κ2) is 9.34. The fraction of sp³-hybridized carbons (Fsp3) is 0.0417. The van der Waals surface area contributed by atoms with Crippen LogP contribution in [0.1, 0.15) is 15.9 Å². The third-order valence-electron chi connectivity index (χ3n) is 5.22. The first-order valence-electron chi connectivity index (χ1n) is 10.2. The Bertz CT molecular complexity index is 1500. The van der Waals surface area contributed by atoms with E-state index in [2.05, 4.69) is 10.6 Å². The number of primary sulfonamides is 1. The number of para-hydroxylation sites is 1. The SMILES string of the molecule is Cc1ccccc1N1C(=O)C(Cl)=C(Nc2cccc(C(=O)Nc3ccc(S(N)(=O)=O)cc3)c2)C1=O. The number of benzene rings is 3. The third kappa shape index (κ3) is 4.94. The van der Waals surface area contributed by atoms with Crippen molar-refractivity contribution in [3.63, 3.8) is 0 Å². The lowest BCUT2D eigenvalue weighted by Crippen LogP contribution is -2.32. The number of nitrogens with one attached hydrogen (secondary N) is 2. The molecule has 1 aliphatic heterocycles. The first kappa shape index (κ1) is 24.1. The van der Waals surface area contributed by atoms with Gasteiger partial charge in [0.15, 0.2) is 0 Å². The van der Waals surface area contributed by atoms with Crippen molar-refractivity contribution in [2.45, 2.75) is 11.8 Å². The van der Waals surface area contributed by atoms with Gasteiger partial charge in [0, 0.05) is 16.9 Å². The number of nitrogens with two attached hydrogens (primary N) is 1. The molecular formula is C24H19ClN4O5S. The number of hydrogen-bond donors (Lipinski definition) is 3. The number of halogens is 1. The summed E-state index contributed by atoms with van der Waals surface area (Å²) < 4.78 is 22.7. The van der Waals surface area contributed by atoms with E-state index in [0.29, 0.717) is 17.1 Å². The summed E-state index contributed by atoms with van der Waals surface area (Å²) in [5, 5.41) is 10.3. The molecule has 35 heavy (non-hydrogen) atoms. The molecule has 0 unspecified atom stereocenters. The number of anilines is 3. The van der Waals surface area contributed by atoms with Gasteiger partial charge in [-0.2, -0.15) is 0 Å². The largest absolute Gasteiger partial charge is 0.350 e. The lowest BCUT2D eigenvalue weighted by molar-refractivity contribution is -0.120. The van der Waals surface area contributed by atoms with Crippen molar-refractivity contribution in [1.29, 1.82) is 0 Å². The van der Waals surface area contributed by atoms with Crippen molar-refractivity contribution in [2.75, 3.05) is 15.5 Å². The molecule has 178 valence electrons. The van der Waals surface area contributed by atoms with Crippen molar-refractivity contribution in [2.24, 2.45) is 5.14 Å². The monoisotopic (exact) mass is 510 g/mol. The van der Waals surface area contributed by atoms with E-state index in [0.717, 1.165) is 10.5 Å². The Labute approximate surface area is 206 Å². The second-order valence-electron chi connectivity index (χ2n) is 7.65. The predicted octanol–water partition coefficient (Wildman–Crippen LogP) is 3.33. The van der Waals surface area contributed by atoms with Gasteiger partial charge in [0.25, 0.3) is 17.7 Å². The molecular weight excluding hydrogens is 492 g/mol. The van der Waals surface area contributed by atoms with Gasteiger partial charge >= 0.3 is 0 Å². The molecule has 4 N–H and O–H groups in total. The first-order chi connectivity index (χ1) is 16.6. The highest BCUT2D eigenvalue weighted by molar-refractivity contribution is 7.89. The smallest absolute Gasteiger partial charge is 0.283 e. The summed E-state index contributed by atoms with van der Waals surface area (Å²) in [5.41, 5.74) is 2.03. The molecule has 0 saturated carbocycles. The summed E-state index contributed by atoms with van der Waals surface area (Å²) in [6.45, 7) is 1.78. The van der Waals surface area contributed by atoms with Crippen LogP contribution in [-0.4, -0.2) is 26.1 Å². The van der Waals surface area contributed by atoms with Crippen LogP contribution in [0.5, 0.6) is 0 Å². The van der Waals surface area contributed by atoms with Gasteiger partial charge in [-0.25, -0.2) is 18.5 Å². The zero-order valence-corrected chi connectivity index (χ0v) is 19.9. The minimum atomic E-state index is -3.85. The average molecular weight is 511 g/mol. The molecule has 11 heteroatoms. The molecule has 0 spiro atoms. The second-order valence-corrected chi connectivity index (χ2v) is 9.59. The zero-order valence-electron chi connectivity index (χ0n) is 18.3. The minimum Gasteiger partial charge on any atom is -0.350 e. The maximum Gasteiger partial charge on any atom is 0.283 e. The van der Waals surface area contributed by atoms with Crippen LogP contribution in [0.25, 0.3) is 0 Å². The maximum absolute atomic E-state index is 13.0. The summed E-state index contributed by atoms with van der Waals surface area (Å²) in [5.74, 6) is -1.74. The van der Waals surface area contributed by atoms with Crippen LogP contribution in [0.2, 0.25) is 0 Å². The van der Waals surface area contributed by atoms with Crippen molar-refractivity contribution in [3.8, 4) is 0 Å². The standard InChI is InChI=1S/C24H19ClN4O5S/c1-14-5-2-3-8-19(14)29-23(31)20(25)21(24(29)32)27-17-7-4-6-15(13-17)22(30)28-16-9-11-18(12-10-16)35(26,33)34/h2-13,27H,1H3,(H,28,30)(H2,26,33,34). The Kier molecular flexibility index (Phi) is 6.44. The van der Waals surface area contributed by atoms with Gasteiger partial charge < -0.3 is 10.6 Å². The summed E-state index contributed by atoms with van der Waals surface area (Å²) >= 11 is 6.20. The molecule has 0 aromatic heterocycles. The number of nitrogens with zero attached hydrogens (tertiary/aromatic N) is 1. The summed E-state index contributed by atoms with van der Waals surface area (Å²) in [6, 6.07) is 18.6. The number of rotatable bonds is 6. The normalized spacial score (nSPS) is 13.9. The van der Waals surface area contributed by atoms with Gasteiger partial charge in [-0.05, 0) is 61.0 Å². The fourth-order valence-electron chi connectivity index (χ4n) is 3.46. The number of aryl methyl sites for hydroxylation is 1. The van der Waals surface area contributed by atoms with Gasteiger partial charge in [-0.15, -0.1) is 0 Å². The Morgan fingerprint density at radius 3 is 2.26 bits per heavy atom. The molecule has 9 nitrogen and oxygen atoms in total. The zero-order chi connectivity index (χ0) is 25.3. The van der Waals surface area contributed by atoms with Crippen molar-refractivity contribution in [1.82, 2.24) is 0 Å². The van der Waals surface area contributed by atoms with Crippen molar-refractivity contribution < 1.29 is 22.8 Å². The van der Waals surface area contributed by atoms with E-state index in [-0.39, 0.29) is 21.2 Å². The minimum absolute atomic E-state index is 0.0811. The molecule has 1 aliphatic rings. The molecule has 3 aromatic carbocycles. The molecule has 0 atom stereocenters. The Morgan fingerprint density at radius 1 is 0.914 bits per heavy atom. The number of carbonyl (C=O) groups excluding carboxylic acids is 3. The molecule has 0 fully saturated rings. The Hall–Kier alpha value is -3.99. The molecule has 3 amide bonds. The molecule has 3 aromatic rings. The van der Waals surface area contributed by atoms with Gasteiger partial charge in [0.05, 0.1) is 10.6 Å². The van der Waals surface area contributed by atoms with Crippen molar-refractivity contribution >= 4 is 56.4 Å². The highest BCUT2D eigenvalue weighted by atomic mass is 35.5. The van der Waals surface area contributed by atoms with Gasteiger partial charge in [0.1, 0.15) is 10.7 Å². The van der Waals surface area contributed by atoms with Crippen molar-refractivity contribution in [3.05, 3.63) is 94.7 Å². The quantitative estimate of drug-likeness (QED) is 0.435.